The lowest BCUT2D eigenvalue weighted by Gasteiger charge is -2.15. The number of rotatable bonds is 3. The molecule has 0 atom stereocenters. The lowest BCUT2D eigenvalue weighted by Crippen LogP contribution is -2.23. The monoisotopic (exact) mass is 207 g/mol. The Morgan fingerprint density at radius 3 is 3.07 bits per heavy atom. The van der Waals surface area contributed by atoms with Crippen LogP contribution in [0.15, 0.2) is 0 Å². The van der Waals surface area contributed by atoms with Gasteiger partial charge in [-0.25, -0.2) is 4.98 Å². The van der Waals surface area contributed by atoms with Gasteiger partial charge in [-0.1, -0.05) is 0 Å². The van der Waals surface area contributed by atoms with Crippen molar-refractivity contribution in [2.24, 2.45) is 0 Å². The molecular formula is C11H17N3O. The van der Waals surface area contributed by atoms with Gasteiger partial charge in [0.05, 0.1) is 12.2 Å². The van der Waals surface area contributed by atoms with Crippen molar-refractivity contribution < 1.29 is 4.79 Å². The van der Waals surface area contributed by atoms with Crippen molar-refractivity contribution >= 4 is 5.78 Å². The Morgan fingerprint density at radius 2 is 2.33 bits per heavy atom. The maximum atomic E-state index is 11.9. The van der Waals surface area contributed by atoms with Gasteiger partial charge in [-0.3, -0.25) is 4.79 Å². The van der Waals surface area contributed by atoms with E-state index >= 15 is 0 Å². The highest BCUT2D eigenvalue weighted by Crippen LogP contribution is 2.19. The zero-order valence-electron chi connectivity index (χ0n) is 9.34. The van der Waals surface area contributed by atoms with Gasteiger partial charge in [-0.15, -0.1) is 0 Å². The van der Waals surface area contributed by atoms with E-state index in [1.807, 2.05) is 6.92 Å². The summed E-state index contributed by atoms with van der Waals surface area (Å²) in [6, 6.07) is 0. The largest absolute Gasteiger partial charge is 0.325 e. The third kappa shape index (κ3) is 1.81. The Labute approximate surface area is 89.7 Å². The minimum atomic E-state index is 0.149. The summed E-state index contributed by atoms with van der Waals surface area (Å²) in [6.45, 7) is 3.27. The first-order valence-electron chi connectivity index (χ1n) is 5.48. The number of carbonyl (C=O) groups excluding carboxylic acids is 1. The molecule has 15 heavy (non-hydrogen) atoms. The van der Waals surface area contributed by atoms with Gasteiger partial charge in [-0.05, 0) is 26.8 Å². The van der Waals surface area contributed by atoms with Gasteiger partial charge in [-0.2, -0.15) is 0 Å². The lowest BCUT2D eigenvalue weighted by atomic mass is 10.1. The van der Waals surface area contributed by atoms with E-state index in [2.05, 4.69) is 14.9 Å². The van der Waals surface area contributed by atoms with Crippen molar-refractivity contribution in [3.8, 4) is 0 Å². The fourth-order valence-corrected chi connectivity index (χ4v) is 2.21. The van der Waals surface area contributed by atoms with Gasteiger partial charge in [0.15, 0.2) is 5.78 Å². The van der Waals surface area contributed by atoms with Crippen molar-refractivity contribution in [1.29, 1.82) is 0 Å². The quantitative estimate of drug-likeness (QED) is 0.750. The van der Waals surface area contributed by atoms with Gasteiger partial charge in [0, 0.05) is 13.0 Å². The summed E-state index contributed by atoms with van der Waals surface area (Å²) in [5, 5.41) is 2.90. The summed E-state index contributed by atoms with van der Waals surface area (Å²) in [5.74, 6) is 1.23. The maximum absolute atomic E-state index is 11.9. The van der Waals surface area contributed by atoms with Gasteiger partial charge in [0.2, 0.25) is 0 Å². The molecule has 0 radical (unpaired) electrons. The van der Waals surface area contributed by atoms with Crippen LogP contribution < -0.4 is 5.32 Å². The number of nitrogens with zero attached hydrogens (tertiary/aromatic N) is 2. The predicted octanol–water partition coefficient (Wildman–Crippen LogP) is 0.930. The van der Waals surface area contributed by atoms with E-state index in [0.717, 1.165) is 36.6 Å². The molecule has 2 rings (SSSR count). The van der Waals surface area contributed by atoms with Crippen LogP contribution in [0.4, 0.5) is 0 Å². The van der Waals surface area contributed by atoms with Crippen LogP contribution >= 0.6 is 0 Å². The smallest absolute Gasteiger partial charge is 0.194 e. The minimum Gasteiger partial charge on any atom is -0.325 e. The third-order valence-corrected chi connectivity index (χ3v) is 2.85. The fraction of sp³-hybridized carbons (Fsp3) is 0.636. The van der Waals surface area contributed by atoms with Crippen LogP contribution in [-0.2, 0) is 13.0 Å². The molecule has 0 fully saturated rings. The van der Waals surface area contributed by atoms with E-state index in [1.165, 1.54) is 6.42 Å². The molecule has 82 valence electrons. The molecule has 1 N–H and O–H groups in total. The molecule has 2 heterocycles. The first kappa shape index (κ1) is 10.4. The number of carbonyl (C=O) groups is 1. The highest BCUT2D eigenvalue weighted by molar-refractivity contribution is 5.97. The van der Waals surface area contributed by atoms with Crippen LogP contribution in [0.2, 0.25) is 0 Å². The third-order valence-electron chi connectivity index (χ3n) is 2.85. The average molecular weight is 207 g/mol. The van der Waals surface area contributed by atoms with Gasteiger partial charge >= 0.3 is 0 Å². The summed E-state index contributed by atoms with van der Waals surface area (Å²) in [5.41, 5.74) is 1.69. The molecule has 0 bridgehead atoms. The van der Waals surface area contributed by atoms with Crippen molar-refractivity contribution in [2.45, 2.75) is 32.7 Å². The van der Waals surface area contributed by atoms with Gasteiger partial charge in [0.25, 0.3) is 0 Å². The van der Waals surface area contributed by atoms with Crippen LogP contribution in [0.1, 0.15) is 34.8 Å². The Morgan fingerprint density at radius 1 is 1.53 bits per heavy atom. The van der Waals surface area contributed by atoms with E-state index in [4.69, 9.17) is 0 Å². The molecule has 0 aromatic carbocycles. The Bertz CT molecular complexity index is 381. The molecule has 0 saturated heterocycles. The number of imidazole rings is 1. The molecule has 1 aliphatic heterocycles. The maximum Gasteiger partial charge on any atom is 0.194 e. The summed E-state index contributed by atoms with van der Waals surface area (Å²) in [4.78, 5) is 16.3. The van der Waals surface area contributed by atoms with Crippen LogP contribution in [0.3, 0.4) is 0 Å². The highest BCUT2D eigenvalue weighted by Gasteiger charge is 2.21. The molecule has 1 aromatic heterocycles. The number of ketones is 1. The van der Waals surface area contributed by atoms with Crippen molar-refractivity contribution in [3.05, 3.63) is 17.2 Å². The fourth-order valence-electron chi connectivity index (χ4n) is 2.21. The first-order valence-corrected chi connectivity index (χ1v) is 5.48. The summed E-state index contributed by atoms with van der Waals surface area (Å²) >= 11 is 0. The van der Waals surface area contributed by atoms with E-state index < -0.39 is 0 Å². The van der Waals surface area contributed by atoms with Gasteiger partial charge in [0.1, 0.15) is 11.5 Å². The van der Waals surface area contributed by atoms with Crippen LogP contribution in [0, 0.1) is 6.92 Å². The Hall–Kier alpha value is -1.16. The predicted molar refractivity (Wildman–Crippen MR) is 58.2 cm³/mol. The average Bonchev–Trinajstić information content (AvgIpc) is 2.54. The standard InChI is InChI=1S/C11H17N3O/c1-8-11(9(15)7-12-2)14-6-4-3-5-10(14)13-8/h12H,3-7H2,1-2H3. The minimum absolute atomic E-state index is 0.149. The van der Waals surface area contributed by atoms with E-state index in [-0.39, 0.29) is 5.78 Å². The number of likely N-dealkylation sites (N-methyl/N-ethyl adjacent to an activating group) is 1. The lowest BCUT2D eigenvalue weighted by molar-refractivity contribution is 0.0983. The van der Waals surface area contributed by atoms with Crippen LogP contribution in [0.25, 0.3) is 0 Å². The van der Waals surface area contributed by atoms with Crippen molar-refractivity contribution in [2.75, 3.05) is 13.6 Å². The SMILES string of the molecule is CNCC(=O)c1c(C)nc2n1CCCC2. The van der Waals surface area contributed by atoms with Crippen LogP contribution in [-0.4, -0.2) is 28.9 Å². The van der Waals surface area contributed by atoms with Crippen LogP contribution in [0.5, 0.6) is 0 Å². The Balaban J connectivity index is 2.37. The number of fused-ring (bicyclic) bond motifs is 1. The summed E-state index contributed by atoms with van der Waals surface area (Å²) in [6.07, 6.45) is 3.35. The molecule has 0 saturated carbocycles. The summed E-state index contributed by atoms with van der Waals surface area (Å²) in [7, 11) is 1.79. The highest BCUT2D eigenvalue weighted by atomic mass is 16.1. The zero-order chi connectivity index (χ0) is 10.8. The molecular weight excluding hydrogens is 190 g/mol. The molecule has 4 heteroatoms. The number of nitrogens with one attached hydrogen (secondary N) is 1. The topological polar surface area (TPSA) is 46.9 Å². The number of hydrogen-bond donors (Lipinski definition) is 1. The molecule has 4 nitrogen and oxygen atoms in total. The molecule has 1 aromatic rings. The number of aryl methyl sites for hydroxylation is 2. The van der Waals surface area contributed by atoms with Crippen molar-refractivity contribution in [1.82, 2.24) is 14.9 Å². The van der Waals surface area contributed by atoms with Gasteiger partial charge < -0.3 is 9.88 Å². The first-order chi connectivity index (χ1) is 7.24. The van der Waals surface area contributed by atoms with E-state index in [9.17, 15) is 4.79 Å². The molecule has 0 spiro atoms. The van der Waals surface area contributed by atoms with E-state index in [1.54, 1.807) is 7.05 Å². The molecule has 0 amide bonds. The normalized spacial score (nSPS) is 15.1. The number of aromatic nitrogens is 2. The number of hydrogen-bond acceptors (Lipinski definition) is 3. The second kappa shape index (κ2) is 4.14. The molecule has 0 unspecified atom stereocenters. The second-order valence-corrected chi connectivity index (χ2v) is 4.02. The second-order valence-electron chi connectivity index (χ2n) is 4.02. The number of Topliss-reactive ketones (excluding diaryl/α,β-unsaturated/α-hetero) is 1. The van der Waals surface area contributed by atoms with Crippen molar-refractivity contribution in [3.63, 3.8) is 0 Å². The Kier molecular flexibility index (Phi) is 2.86. The van der Waals surface area contributed by atoms with E-state index in [0.29, 0.717) is 6.54 Å². The molecule has 1 aliphatic rings. The summed E-state index contributed by atoms with van der Waals surface area (Å²) < 4.78 is 2.10. The zero-order valence-corrected chi connectivity index (χ0v) is 9.34. The molecule has 0 aliphatic carbocycles.